The van der Waals surface area contributed by atoms with E-state index in [0.717, 1.165) is 11.3 Å². The molecular formula is C23H20N2O6S. The number of carbonyl (C=O) groups excluding carboxylic acids is 2. The van der Waals surface area contributed by atoms with Gasteiger partial charge in [-0.1, -0.05) is 17.8 Å². The van der Waals surface area contributed by atoms with Gasteiger partial charge in [0, 0.05) is 5.41 Å². The maximum Gasteiger partial charge on any atom is 0.338 e. The normalized spacial score (nSPS) is 17.6. The van der Waals surface area contributed by atoms with Crippen LogP contribution in [-0.4, -0.2) is 50.9 Å². The molecule has 3 N–H and O–H groups in total. The van der Waals surface area contributed by atoms with Crippen LogP contribution in [0.1, 0.15) is 34.5 Å². The topological polar surface area (TPSA) is 120 Å². The van der Waals surface area contributed by atoms with Crippen LogP contribution in [0.3, 0.4) is 0 Å². The van der Waals surface area contributed by atoms with Gasteiger partial charge in [0.2, 0.25) is 0 Å². The molecule has 0 aromatic heterocycles. The molecule has 2 aliphatic rings. The predicted octanol–water partition coefficient (Wildman–Crippen LogP) is 3.18. The zero-order valence-corrected chi connectivity index (χ0v) is 18.1. The number of benzene rings is 2. The largest absolute Gasteiger partial charge is 0.508 e. The van der Waals surface area contributed by atoms with Crippen LogP contribution in [-0.2, 0) is 9.53 Å². The number of ether oxygens (including phenoxy) is 1. The van der Waals surface area contributed by atoms with E-state index >= 15 is 0 Å². The molecule has 8 nitrogen and oxygen atoms in total. The van der Waals surface area contributed by atoms with E-state index in [1.807, 2.05) is 10.3 Å². The van der Waals surface area contributed by atoms with Crippen molar-refractivity contribution in [1.29, 1.82) is 0 Å². The molecule has 2 heterocycles. The number of allylic oxidation sites excluding steroid dienone is 1. The van der Waals surface area contributed by atoms with Gasteiger partial charge in [0.25, 0.3) is 0 Å². The van der Waals surface area contributed by atoms with Crippen molar-refractivity contribution in [2.24, 2.45) is 4.99 Å². The summed E-state index contributed by atoms with van der Waals surface area (Å²) >= 11 is 1.38. The molecule has 0 aliphatic carbocycles. The number of Topliss-reactive ketones (excluding diaryl/α,β-unsaturated/α-hetero) is 1. The summed E-state index contributed by atoms with van der Waals surface area (Å²) in [6.07, 6.45) is 0. The van der Waals surface area contributed by atoms with Crippen LogP contribution in [0.2, 0.25) is 0 Å². The minimum atomic E-state index is -0.759. The number of rotatable bonds is 5. The first kappa shape index (κ1) is 21.7. The lowest BCUT2D eigenvalue weighted by Gasteiger charge is -2.36. The lowest BCUT2D eigenvalue weighted by atomic mass is 9.91. The minimum absolute atomic E-state index is 0.0436. The van der Waals surface area contributed by atoms with Crippen molar-refractivity contribution >= 4 is 34.4 Å². The third-order valence-electron chi connectivity index (χ3n) is 5.28. The van der Waals surface area contributed by atoms with Crippen molar-refractivity contribution in [3.63, 3.8) is 0 Å². The lowest BCUT2D eigenvalue weighted by molar-refractivity contribution is -0.136. The van der Waals surface area contributed by atoms with Crippen LogP contribution < -0.4 is 0 Å². The third kappa shape index (κ3) is 3.65. The highest BCUT2D eigenvalue weighted by Crippen LogP contribution is 2.47. The molecule has 0 spiro atoms. The number of phenols is 2. The first-order valence-electron chi connectivity index (χ1n) is 9.66. The SMILES string of the molecule is COC(=O)C1=C(C)N=C2SC=C(c3ccc(O)cc3)N2C1c1ccc(O)c(C(=O)CO)c1. The molecule has 0 saturated carbocycles. The summed E-state index contributed by atoms with van der Waals surface area (Å²) in [5, 5.41) is 31.6. The maximum atomic E-state index is 12.8. The van der Waals surface area contributed by atoms with Crippen LogP contribution in [0.25, 0.3) is 5.70 Å². The highest BCUT2D eigenvalue weighted by molar-refractivity contribution is 8.16. The van der Waals surface area contributed by atoms with E-state index < -0.39 is 24.4 Å². The van der Waals surface area contributed by atoms with Crippen molar-refractivity contribution in [2.75, 3.05) is 13.7 Å². The first-order chi connectivity index (χ1) is 15.3. The summed E-state index contributed by atoms with van der Waals surface area (Å²) in [5.74, 6) is -1.34. The van der Waals surface area contributed by atoms with E-state index in [1.165, 1.54) is 31.0 Å². The molecule has 164 valence electrons. The van der Waals surface area contributed by atoms with E-state index in [2.05, 4.69) is 4.99 Å². The Hall–Kier alpha value is -3.56. The van der Waals surface area contributed by atoms with E-state index in [0.29, 0.717) is 16.4 Å². The molecule has 32 heavy (non-hydrogen) atoms. The number of thioether (sulfide) groups is 1. The zero-order valence-electron chi connectivity index (χ0n) is 17.3. The number of phenolic OH excluding ortho intramolecular Hbond substituents is 2. The van der Waals surface area contributed by atoms with Crippen molar-refractivity contribution in [2.45, 2.75) is 13.0 Å². The first-order valence-corrected chi connectivity index (χ1v) is 10.5. The second-order valence-corrected chi connectivity index (χ2v) is 8.02. The van der Waals surface area contributed by atoms with Crippen LogP contribution in [0.4, 0.5) is 0 Å². The number of aliphatic hydroxyl groups is 1. The molecule has 2 aliphatic heterocycles. The van der Waals surface area contributed by atoms with Crippen molar-refractivity contribution in [3.8, 4) is 11.5 Å². The van der Waals surface area contributed by atoms with Gasteiger partial charge in [0.05, 0.1) is 35.7 Å². The third-order valence-corrected chi connectivity index (χ3v) is 6.12. The van der Waals surface area contributed by atoms with Gasteiger partial charge in [-0.25, -0.2) is 9.79 Å². The molecule has 0 amide bonds. The molecule has 1 atom stereocenters. The van der Waals surface area contributed by atoms with E-state index in [4.69, 9.17) is 4.74 Å². The fraction of sp³-hybridized carbons (Fsp3) is 0.174. The van der Waals surface area contributed by atoms with Gasteiger partial charge in [-0.3, -0.25) is 4.79 Å². The van der Waals surface area contributed by atoms with Gasteiger partial charge < -0.3 is 25.0 Å². The number of esters is 1. The molecule has 2 aromatic carbocycles. The molecule has 2 aromatic rings. The van der Waals surface area contributed by atoms with Gasteiger partial charge in [-0.15, -0.1) is 0 Å². The van der Waals surface area contributed by atoms with Gasteiger partial charge in [0.15, 0.2) is 11.0 Å². The smallest absolute Gasteiger partial charge is 0.338 e. The highest BCUT2D eigenvalue weighted by atomic mass is 32.2. The molecule has 0 saturated heterocycles. The lowest BCUT2D eigenvalue weighted by Crippen LogP contribution is -2.36. The van der Waals surface area contributed by atoms with Crippen LogP contribution >= 0.6 is 11.8 Å². The Morgan fingerprint density at radius 2 is 1.88 bits per heavy atom. The van der Waals surface area contributed by atoms with Crippen LogP contribution in [0.15, 0.2) is 64.1 Å². The van der Waals surface area contributed by atoms with E-state index in [9.17, 15) is 24.9 Å². The molecule has 0 fully saturated rings. The fourth-order valence-corrected chi connectivity index (χ4v) is 4.72. The highest BCUT2D eigenvalue weighted by Gasteiger charge is 2.41. The summed E-state index contributed by atoms with van der Waals surface area (Å²) in [4.78, 5) is 31.4. The Balaban J connectivity index is 1.90. The average Bonchev–Trinajstić information content (AvgIpc) is 3.21. The number of aliphatic hydroxyl groups excluding tert-OH is 1. The number of fused-ring (bicyclic) bond motifs is 1. The van der Waals surface area contributed by atoms with E-state index in [1.54, 1.807) is 37.3 Å². The predicted molar refractivity (Wildman–Crippen MR) is 120 cm³/mol. The number of nitrogens with zero attached hydrogens (tertiary/aromatic N) is 2. The van der Waals surface area contributed by atoms with Crippen molar-refractivity contribution < 1.29 is 29.6 Å². The quantitative estimate of drug-likeness (QED) is 0.467. The molecule has 1 unspecified atom stereocenters. The molecule has 4 rings (SSSR count). The van der Waals surface area contributed by atoms with Gasteiger partial charge in [-0.05, 0) is 54.4 Å². The summed E-state index contributed by atoms with van der Waals surface area (Å²) < 4.78 is 5.03. The number of amidine groups is 1. The van der Waals surface area contributed by atoms with Gasteiger partial charge in [0.1, 0.15) is 18.1 Å². The number of carbonyl (C=O) groups is 2. The van der Waals surface area contributed by atoms with E-state index in [-0.39, 0.29) is 22.6 Å². The van der Waals surface area contributed by atoms with Crippen LogP contribution in [0, 0.1) is 0 Å². The Kier molecular flexibility index (Phi) is 5.77. The number of hydrogen-bond acceptors (Lipinski definition) is 9. The molecule has 0 radical (unpaired) electrons. The Morgan fingerprint density at radius 3 is 2.53 bits per heavy atom. The second-order valence-electron chi connectivity index (χ2n) is 7.18. The summed E-state index contributed by atoms with van der Waals surface area (Å²) in [7, 11) is 1.28. The van der Waals surface area contributed by atoms with Crippen LogP contribution in [0.5, 0.6) is 11.5 Å². The average molecular weight is 452 g/mol. The summed E-state index contributed by atoms with van der Waals surface area (Å²) in [6.45, 7) is 0.953. The molecular weight excluding hydrogens is 432 g/mol. The Bertz CT molecular complexity index is 1200. The number of aromatic hydroxyl groups is 2. The van der Waals surface area contributed by atoms with Crippen molar-refractivity contribution in [3.05, 3.63) is 75.8 Å². The number of aliphatic imine (C=N–C) groups is 1. The standard InChI is InChI=1S/C23H20N2O6S/c1-12-20(22(30)31-2)21(14-5-8-18(28)16(9-14)19(29)10-26)25-17(11-32-23(25)24-12)13-3-6-15(27)7-4-13/h3-9,11,21,26-28H,10H2,1-2H3. The number of hydrogen-bond donors (Lipinski definition) is 3. The molecule has 0 bridgehead atoms. The monoisotopic (exact) mass is 452 g/mol. The number of ketones is 1. The molecule has 9 heteroatoms. The number of methoxy groups -OCH3 is 1. The Labute approximate surface area is 188 Å². The van der Waals surface area contributed by atoms with Gasteiger partial charge >= 0.3 is 5.97 Å². The second kappa shape index (κ2) is 8.52. The Morgan fingerprint density at radius 1 is 1.16 bits per heavy atom. The van der Waals surface area contributed by atoms with Crippen molar-refractivity contribution in [1.82, 2.24) is 4.90 Å². The fourth-order valence-electron chi connectivity index (χ4n) is 3.74. The van der Waals surface area contributed by atoms with Gasteiger partial charge in [-0.2, -0.15) is 0 Å². The zero-order chi connectivity index (χ0) is 23.0. The minimum Gasteiger partial charge on any atom is -0.508 e. The summed E-state index contributed by atoms with van der Waals surface area (Å²) in [5.41, 5.74) is 2.80. The maximum absolute atomic E-state index is 12.8. The summed E-state index contributed by atoms with van der Waals surface area (Å²) in [6, 6.07) is 10.4.